The van der Waals surface area contributed by atoms with Crippen LogP contribution < -0.4 is 9.62 Å². The molecule has 0 saturated carbocycles. The van der Waals surface area contributed by atoms with Crippen molar-refractivity contribution in [2.75, 3.05) is 17.1 Å². The highest BCUT2D eigenvalue weighted by Crippen LogP contribution is 2.27. The number of carbonyl (C=O) groups is 2. The highest BCUT2D eigenvalue weighted by atomic mass is 35.5. The number of carbonyl (C=O) groups excluding carboxylic acids is 2. The second-order valence-electron chi connectivity index (χ2n) is 9.41. The minimum atomic E-state index is -3.54. The van der Waals surface area contributed by atoms with E-state index in [-0.39, 0.29) is 37.7 Å². The number of hydrogen-bond donors (Lipinski definition) is 1. The van der Waals surface area contributed by atoms with Gasteiger partial charge in [0.25, 0.3) is 0 Å². The van der Waals surface area contributed by atoms with Gasteiger partial charge < -0.3 is 10.2 Å². The Balaban J connectivity index is 2.23. The molecule has 0 radical (unpaired) electrons. The number of halogens is 2. The molecule has 0 bridgehead atoms. The van der Waals surface area contributed by atoms with Crippen LogP contribution in [-0.4, -0.2) is 49.5 Å². The van der Waals surface area contributed by atoms with Crippen molar-refractivity contribution in [3.8, 4) is 0 Å². The lowest BCUT2D eigenvalue weighted by atomic mass is 10.1. The van der Waals surface area contributed by atoms with Gasteiger partial charge in [-0.2, -0.15) is 0 Å². The van der Waals surface area contributed by atoms with E-state index in [4.69, 9.17) is 23.2 Å². The summed E-state index contributed by atoms with van der Waals surface area (Å²) >= 11 is 12.7. The fourth-order valence-corrected chi connectivity index (χ4v) is 4.99. The van der Waals surface area contributed by atoms with E-state index in [1.807, 2.05) is 20.8 Å². The van der Waals surface area contributed by atoms with Crippen LogP contribution in [0, 0.1) is 0 Å². The Bertz CT molecular complexity index is 1110. The lowest BCUT2D eigenvalue weighted by Crippen LogP contribution is -2.52. The van der Waals surface area contributed by atoms with Crippen molar-refractivity contribution in [1.82, 2.24) is 10.2 Å². The first-order valence-corrected chi connectivity index (χ1v) is 13.9. The first kappa shape index (κ1) is 28.9. The van der Waals surface area contributed by atoms with Crippen LogP contribution in [0.15, 0.2) is 48.5 Å². The standard InChI is InChI=1S/C25H33Cl2N3O4S/c1-18(24(32)28-25(2,3)4)29(17-20-21(26)13-9-14-22(20)27)23(31)15-10-16-30(35(5,33)34)19-11-7-6-8-12-19/h6-9,11-14,18H,10,15-17H2,1-5H3,(H,28,32)/t18-/m0/s1. The summed E-state index contributed by atoms with van der Waals surface area (Å²) in [5.74, 6) is -0.616. The lowest BCUT2D eigenvalue weighted by molar-refractivity contribution is -0.141. The Kier molecular flexibility index (Phi) is 10.0. The zero-order chi connectivity index (χ0) is 26.4. The number of nitrogens with one attached hydrogen (secondary N) is 1. The molecule has 2 aromatic carbocycles. The molecule has 0 aliphatic heterocycles. The van der Waals surface area contributed by atoms with Crippen molar-refractivity contribution in [3.05, 3.63) is 64.1 Å². The highest BCUT2D eigenvalue weighted by Gasteiger charge is 2.29. The zero-order valence-corrected chi connectivity index (χ0v) is 23.0. The first-order valence-electron chi connectivity index (χ1n) is 11.3. The largest absolute Gasteiger partial charge is 0.350 e. The lowest BCUT2D eigenvalue weighted by Gasteiger charge is -2.32. The molecule has 2 rings (SSSR count). The van der Waals surface area contributed by atoms with E-state index in [0.29, 0.717) is 21.3 Å². The molecule has 0 unspecified atom stereocenters. The van der Waals surface area contributed by atoms with Crippen molar-refractivity contribution >= 4 is 50.7 Å². The predicted octanol–water partition coefficient (Wildman–Crippen LogP) is 4.87. The summed E-state index contributed by atoms with van der Waals surface area (Å²) in [6.07, 6.45) is 1.43. The molecule has 2 aromatic rings. The van der Waals surface area contributed by atoms with Crippen LogP contribution in [0.25, 0.3) is 0 Å². The SMILES string of the molecule is C[C@@H](C(=O)NC(C)(C)C)N(Cc1c(Cl)cccc1Cl)C(=O)CCCN(c1ccccc1)S(C)(=O)=O. The molecule has 192 valence electrons. The smallest absolute Gasteiger partial charge is 0.242 e. The van der Waals surface area contributed by atoms with Gasteiger partial charge in [0.05, 0.1) is 11.9 Å². The predicted molar refractivity (Wildman–Crippen MR) is 142 cm³/mol. The molecule has 0 aromatic heterocycles. The van der Waals surface area contributed by atoms with Gasteiger partial charge in [-0.05, 0) is 58.4 Å². The number of hydrogen-bond acceptors (Lipinski definition) is 4. The summed E-state index contributed by atoms with van der Waals surface area (Å²) < 4.78 is 25.9. The summed E-state index contributed by atoms with van der Waals surface area (Å²) in [7, 11) is -3.54. The van der Waals surface area contributed by atoms with Crippen molar-refractivity contribution in [1.29, 1.82) is 0 Å². The average Bonchev–Trinajstić information content (AvgIpc) is 2.74. The van der Waals surface area contributed by atoms with Crippen LogP contribution in [-0.2, 0) is 26.2 Å². The van der Waals surface area contributed by atoms with Gasteiger partial charge in [-0.1, -0.05) is 47.5 Å². The van der Waals surface area contributed by atoms with Gasteiger partial charge in [-0.15, -0.1) is 0 Å². The van der Waals surface area contributed by atoms with Crippen LogP contribution in [0.3, 0.4) is 0 Å². The molecule has 1 N–H and O–H groups in total. The molecule has 0 fully saturated rings. The molecule has 0 spiro atoms. The molecule has 0 saturated heterocycles. The molecule has 1 atom stereocenters. The molecular weight excluding hydrogens is 509 g/mol. The van der Waals surface area contributed by atoms with Gasteiger partial charge in [0.15, 0.2) is 0 Å². The van der Waals surface area contributed by atoms with E-state index in [0.717, 1.165) is 6.26 Å². The van der Waals surface area contributed by atoms with Gasteiger partial charge in [-0.25, -0.2) is 8.42 Å². The number of para-hydroxylation sites is 1. The first-order chi connectivity index (χ1) is 16.2. The molecule has 2 amide bonds. The van der Waals surface area contributed by atoms with Crippen LogP contribution in [0.5, 0.6) is 0 Å². The van der Waals surface area contributed by atoms with Gasteiger partial charge in [0, 0.05) is 40.7 Å². The minimum Gasteiger partial charge on any atom is -0.350 e. The normalized spacial score (nSPS) is 12.7. The van der Waals surface area contributed by atoms with E-state index in [1.54, 1.807) is 55.5 Å². The second kappa shape index (κ2) is 12.1. The summed E-state index contributed by atoms with van der Waals surface area (Å²) in [6.45, 7) is 7.40. The number of anilines is 1. The van der Waals surface area contributed by atoms with Crippen LogP contribution >= 0.6 is 23.2 Å². The molecule has 0 heterocycles. The number of amides is 2. The quantitative estimate of drug-likeness (QED) is 0.464. The van der Waals surface area contributed by atoms with E-state index >= 15 is 0 Å². The molecule has 35 heavy (non-hydrogen) atoms. The fourth-order valence-electron chi connectivity index (χ4n) is 3.51. The van der Waals surface area contributed by atoms with E-state index in [9.17, 15) is 18.0 Å². The van der Waals surface area contributed by atoms with Gasteiger partial charge in [-0.3, -0.25) is 13.9 Å². The van der Waals surface area contributed by atoms with Crippen LogP contribution in [0.4, 0.5) is 5.69 Å². The van der Waals surface area contributed by atoms with E-state index in [1.165, 1.54) is 9.21 Å². The molecule has 10 heteroatoms. The Hall–Kier alpha value is -2.29. The van der Waals surface area contributed by atoms with Crippen LogP contribution in [0.1, 0.15) is 46.1 Å². The van der Waals surface area contributed by atoms with Crippen LogP contribution in [0.2, 0.25) is 10.0 Å². The van der Waals surface area contributed by atoms with E-state index < -0.39 is 21.6 Å². The molecule has 0 aliphatic carbocycles. The van der Waals surface area contributed by atoms with Crippen molar-refractivity contribution < 1.29 is 18.0 Å². The molecule has 0 aliphatic rings. The number of sulfonamides is 1. The number of rotatable bonds is 10. The third-order valence-electron chi connectivity index (χ3n) is 5.25. The highest BCUT2D eigenvalue weighted by molar-refractivity contribution is 7.92. The third kappa shape index (κ3) is 8.70. The molecular formula is C25H33Cl2N3O4S. The second-order valence-corrected chi connectivity index (χ2v) is 12.1. The summed E-state index contributed by atoms with van der Waals surface area (Å²) in [5, 5.41) is 3.69. The topological polar surface area (TPSA) is 86.8 Å². The Labute approximate surface area is 218 Å². The van der Waals surface area contributed by atoms with E-state index in [2.05, 4.69) is 5.32 Å². The monoisotopic (exact) mass is 541 g/mol. The fraction of sp³-hybridized carbons (Fsp3) is 0.440. The maximum atomic E-state index is 13.3. The number of nitrogens with zero attached hydrogens (tertiary/aromatic N) is 2. The van der Waals surface area contributed by atoms with Gasteiger partial charge in [0.2, 0.25) is 21.8 Å². The Morgan fingerprint density at radius 3 is 2.09 bits per heavy atom. The van der Waals surface area contributed by atoms with Gasteiger partial charge >= 0.3 is 0 Å². The van der Waals surface area contributed by atoms with Gasteiger partial charge in [0.1, 0.15) is 6.04 Å². The Morgan fingerprint density at radius 2 is 1.57 bits per heavy atom. The molecule has 7 nitrogen and oxygen atoms in total. The van der Waals surface area contributed by atoms with Crippen molar-refractivity contribution in [2.24, 2.45) is 0 Å². The maximum Gasteiger partial charge on any atom is 0.242 e. The summed E-state index contributed by atoms with van der Waals surface area (Å²) in [6, 6.07) is 13.0. The number of benzene rings is 2. The zero-order valence-electron chi connectivity index (χ0n) is 20.7. The maximum absolute atomic E-state index is 13.3. The average molecular weight is 543 g/mol. The summed E-state index contributed by atoms with van der Waals surface area (Å²) in [4.78, 5) is 27.7. The van der Waals surface area contributed by atoms with Crippen molar-refractivity contribution in [3.63, 3.8) is 0 Å². The third-order valence-corrected chi connectivity index (χ3v) is 7.15. The Morgan fingerprint density at radius 1 is 1.00 bits per heavy atom. The van der Waals surface area contributed by atoms with Crippen molar-refractivity contribution in [2.45, 2.75) is 58.7 Å². The summed E-state index contributed by atoms with van der Waals surface area (Å²) in [5.41, 5.74) is 0.593. The minimum absolute atomic E-state index is 0.0358.